The molecule has 3 N–H and O–H groups in total. The van der Waals surface area contributed by atoms with E-state index in [4.69, 9.17) is 25.8 Å². The summed E-state index contributed by atoms with van der Waals surface area (Å²) in [6.07, 6.45) is 1.42. The van der Waals surface area contributed by atoms with Crippen LogP contribution in [-0.2, 0) is 13.6 Å². The molecule has 0 aliphatic carbocycles. The van der Waals surface area contributed by atoms with Gasteiger partial charge in [0.25, 0.3) is 5.56 Å². The fourth-order valence-electron chi connectivity index (χ4n) is 3.57. The van der Waals surface area contributed by atoms with Crippen LogP contribution in [0.2, 0.25) is 36.3 Å². The molecular weight excluding hydrogens is 525 g/mol. The normalized spacial score (nSPS) is 21.4. The maximum absolute atomic E-state index is 12.7. The number of rotatable bonds is 7. The topological polar surface area (TPSA) is 115 Å². The zero-order chi connectivity index (χ0) is 28.0. The summed E-state index contributed by atoms with van der Waals surface area (Å²) in [4.78, 5) is 24.3. The molecule has 208 valence electrons. The van der Waals surface area contributed by atoms with Crippen LogP contribution in [0.15, 0.2) is 11.1 Å². The Hall–Kier alpha value is -1.65. The van der Waals surface area contributed by atoms with Crippen molar-refractivity contribution in [3.8, 4) is 0 Å². The van der Waals surface area contributed by atoms with Crippen molar-refractivity contribution in [2.45, 2.75) is 103 Å². The van der Waals surface area contributed by atoms with E-state index < -0.39 is 22.9 Å². The number of hydrogen-bond donors (Lipinski definition) is 3. The first-order chi connectivity index (χ1) is 16.9. The minimum Gasteiger partial charge on any atom is -0.414 e. The number of fused-ring (bicyclic) bond motifs is 1. The van der Waals surface area contributed by atoms with Gasteiger partial charge in [-0.25, -0.2) is 4.98 Å². The largest absolute Gasteiger partial charge is 0.414 e. The summed E-state index contributed by atoms with van der Waals surface area (Å²) >= 11 is 5.16. The predicted octanol–water partition coefficient (Wildman–Crippen LogP) is 4.74. The molecule has 0 amide bonds. The second-order valence-corrected chi connectivity index (χ2v) is 22.8. The number of ether oxygens (including phenoxy) is 1. The van der Waals surface area contributed by atoms with Crippen LogP contribution in [0.1, 0.15) is 54.2 Å². The fourth-order valence-corrected chi connectivity index (χ4v) is 6.04. The highest BCUT2D eigenvalue weighted by Gasteiger charge is 2.46. The van der Waals surface area contributed by atoms with Gasteiger partial charge < -0.3 is 24.2 Å². The molecule has 3 atom stereocenters. The molecular formula is C24H44N6O4SSi2. The summed E-state index contributed by atoms with van der Waals surface area (Å²) in [6.45, 7) is 22.8. The van der Waals surface area contributed by atoms with Crippen LogP contribution in [0.4, 0.5) is 5.95 Å². The molecule has 1 fully saturated rings. The van der Waals surface area contributed by atoms with E-state index in [2.05, 4.69) is 93.3 Å². The number of imidazole rings is 1. The molecule has 37 heavy (non-hydrogen) atoms. The highest BCUT2D eigenvalue weighted by Crippen LogP contribution is 2.42. The Morgan fingerprint density at radius 2 is 1.81 bits per heavy atom. The molecule has 0 spiro atoms. The molecule has 13 heteroatoms. The lowest BCUT2D eigenvalue weighted by molar-refractivity contribution is -0.0383. The van der Waals surface area contributed by atoms with E-state index in [1.165, 1.54) is 0 Å². The van der Waals surface area contributed by atoms with Gasteiger partial charge in [-0.3, -0.25) is 14.3 Å². The van der Waals surface area contributed by atoms with Crippen molar-refractivity contribution in [3.05, 3.63) is 16.7 Å². The molecule has 1 aliphatic heterocycles. The minimum atomic E-state index is -2.08. The molecule has 2 aromatic heterocycles. The Morgan fingerprint density at radius 1 is 1.19 bits per heavy atom. The van der Waals surface area contributed by atoms with E-state index in [-0.39, 0.29) is 39.3 Å². The summed E-state index contributed by atoms with van der Waals surface area (Å²) < 4.78 is 21.8. The fraction of sp³-hybridized carbons (Fsp3) is 0.750. The summed E-state index contributed by atoms with van der Waals surface area (Å²) in [5, 5.41) is 6.19. The van der Waals surface area contributed by atoms with Gasteiger partial charge in [0.05, 0.1) is 19.0 Å². The van der Waals surface area contributed by atoms with Crippen LogP contribution < -0.4 is 16.2 Å². The molecule has 0 bridgehead atoms. The molecule has 0 radical (unpaired) electrons. The van der Waals surface area contributed by atoms with Crippen molar-refractivity contribution < 1.29 is 13.6 Å². The van der Waals surface area contributed by atoms with Crippen LogP contribution in [-0.4, -0.2) is 67.1 Å². The van der Waals surface area contributed by atoms with Gasteiger partial charge in [0.15, 0.2) is 32.9 Å². The van der Waals surface area contributed by atoms with Crippen molar-refractivity contribution in [2.75, 3.05) is 19.0 Å². The SMILES string of the molecule is CNC(=S)Nc1nc2c(ncn2[C@H]2C[C@H](O[Si](C)(C)C(C)(C)C)[C@@H](CO[Si](C)(C)C(C)(C)C)O2)c(=O)[nH]1. The Bertz CT molecular complexity index is 1180. The lowest BCUT2D eigenvalue weighted by Gasteiger charge is -2.40. The van der Waals surface area contributed by atoms with Crippen molar-refractivity contribution in [3.63, 3.8) is 0 Å². The number of nitrogens with zero attached hydrogens (tertiary/aromatic N) is 3. The first kappa shape index (κ1) is 29.9. The molecule has 0 saturated carbocycles. The second-order valence-electron chi connectivity index (χ2n) is 12.8. The number of nitrogens with one attached hydrogen (secondary N) is 3. The highest BCUT2D eigenvalue weighted by molar-refractivity contribution is 7.80. The molecule has 1 aliphatic rings. The zero-order valence-corrected chi connectivity index (χ0v) is 26.9. The minimum absolute atomic E-state index is 0.0543. The van der Waals surface area contributed by atoms with E-state index >= 15 is 0 Å². The van der Waals surface area contributed by atoms with Gasteiger partial charge in [-0.15, -0.1) is 0 Å². The predicted molar refractivity (Wildman–Crippen MR) is 157 cm³/mol. The number of aromatic amines is 1. The molecule has 3 heterocycles. The Labute approximate surface area is 227 Å². The van der Waals surface area contributed by atoms with Gasteiger partial charge in [-0.05, 0) is 48.5 Å². The van der Waals surface area contributed by atoms with Crippen LogP contribution in [0, 0.1) is 0 Å². The number of thiocarbonyl (C=S) groups is 1. The van der Waals surface area contributed by atoms with Gasteiger partial charge in [0, 0.05) is 13.5 Å². The van der Waals surface area contributed by atoms with E-state index in [1.807, 2.05) is 4.57 Å². The van der Waals surface area contributed by atoms with Gasteiger partial charge in [0.2, 0.25) is 5.95 Å². The smallest absolute Gasteiger partial charge is 0.280 e. The first-order valence-electron chi connectivity index (χ1n) is 12.8. The van der Waals surface area contributed by atoms with Gasteiger partial charge >= 0.3 is 0 Å². The monoisotopic (exact) mass is 568 g/mol. The van der Waals surface area contributed by atoms with Gasteiger partial charge in [0.1, 0.15) is 12.3 Å². The molecule has 0 unspecified atom stereocenters. The van der Waals surface area contributed by atoms with E-state index in [0.29, 0.717) is 23.8 Å². The number of anilines is 1. The molecule has 2 aromatic rings. The van der Waals surface area contributed by atoms with Crippen molar-refractivity contribution in [1.82, 2.24) is 24.8 Å². The van der Waals surface area contributed by atoms with Crippen molar-refractivity contribution in [1.29, 1.82) is 0 Å². The third kappa shape index (κ3) is 6.50. The molecule has 10 nitrogen and oxygen atoms in total. The third-order valence-corrected chi connectivity index (χ3v) is 17.4. The lowest BCUT2D eigenvalue weighted by atomic mass is 10.2. The first-order valence-corrected chi connectivity index (χ1v) is 19.0. The van der Waals surface area contributed by atoms with E-state index in [1.54, 1.807) is 13.4 Å². The Morgan fingerprint density at radius 3 is 2.38 bits per heavy atom. The second kappa shape index (κ2) is 10.5. The average Bonchev–Trinajstić information content (AvgIpc) is 3.34. The van der Waals surface area contributed by atoms with Crippen LogP contribution in [0.5, 0.6) is 0 Å². The molecule has 1 saturated heterocycles. The van der Waals surface area contributed by atoms with Crippen molar-refractivity contribution >= 4 is 51.1 Å². The van der Waals surface area contributed by atoms with E-state index in [0.717, 1.165) is 0 Å². The summed E-state index contributed by atoms with van der Waals surface area (Å²) in [7, 11) is -2.38. The molecule has 3 rings (SSSR count). The van der Waals surface area contributed by atoms with Crippen LogP contribution >= 0.6 is 12.2 Å². The molecule has 0 aromatic carbocycles. The van der Waals surface area contributed by atoms with E-state index in [9.17, 15) is 4.79 Å². The summed E-state index contributed by atoms with van der Waals surface area (Å²) in [5.41, 5.74) is 0.314. The summed E-state index contributed by atoms with van der Waals surface area (Å²) in [6, 6.07) is 0. The Kier molecular flexibility index (Phi) is 8.48. The maximum Gasteiger partial charge on any atom is 0.280 e. The number of hydrogen-bond acceptors (Lipinski definition) is 7. The standard InChI is InChI=1S/C24H44N6O4SSi2/c1-23(2,3)36(8,9)32-13-16-15(34-37(10,11)24(4,5)6)12-17(33-16)30-14-26-18-19(30)27-21(28-20(18)31)29-22(35)25-7/h14-17H,12-13H2,1-11H3,(H3,25,27,28,29,31,35)/t15-,16+,17+/m0/s1. The maximum atomic E-state index is 12.7. The summed E-state index contributed by atoms with van der Waals surface area (Å²) in [5.74, 6) is 0.239. The quantitative estimate of drug-likeness (QED) is 0.322. The van der Waals surface area contributed by atoms with Crippen LogP contribution in [0.25, 0.3) is 11.2 Å². The zero-order valence-electron chi connectivity index (χ0n) is 24.1. The van der Waals surface area contributed by atoms with Crippen molar-refractivity contribution in [2.24, 2.45) is 0 Å². The van der Waals surface area contributed by atoms with Gasteiger partial charge in [-0.1, -0.05) is 41.5 Å². The number of H-pyrrole nitrogens is 1. The lowest BCUT2D eigenvalue weighted by Crippen LogP contribution is -2.48. The van der Waals surface area contributed by atoms with Gasteiger partial charge in [-0.2, -0.15) is 4.98 Å². The third-order valence-electron chi connectivity index (χ3n) is 8.05. The highest BCUT2D eigenvalue weighted by atomic mass is 32.1. The van der Waals surface area contributed by atoms with Crippen LogP contribution in [0.3, 0.4) is 0 Å². The average molecular weight is 569 g/mol. The Balaban J connectivity index is 1.94. The number of aromatic nitrogens is 4.